The van der Waals surface area contributed by atoms with Crippen molar-refractivity contribution in [2.45, 2.75) is 51.4 Å². The first-order valence-electron chi connectivity index (χ1n) is 6.00. The molecule has 0 amide bonds. The highest BCUT2D eigenvalue weighted by Crippen LogP contribution is 2.07. The zero-order valence-electron chi connectivity index (χ0n) is 10.3. The van der Waals surface area contributed by atoms with E-state index in [9.17, 15) is 9.59 Å². The molecule has 0 aliphatic rings. The minimum Gasteiger partial charge on any atom is -0.330 e. The maximum absolute atomic E-state index is 11.4. The fraction of sp³-hybridized carbons (Fsp3) is 0.833. The summed E-state index contributed by atoms with van der Waals surface area (Å²) >= 11 is 5.54. The van der Waals surface area contributed by atoms with Crippen LogP contribution in [0, 0.1) is 0 Å². The van der Waals surface area contributed by atoms with E-state index in [0.717, 1.165) is 25.7 Å². The van der Waals surface area contributed by atoms with E-state index in [1.807, 2.05) is 0 Å². The lowest BCUT2D eigenvalue weighted by atomic mass is 10.0. The molecule has 2 N–H and O–H groups in total. The SMILES string of the molecule is Cl.NCCC(=O)CCC(=O)CCCCCCCl. The van der Waals surface area contributed by atoms with Gasteiger partial charge in [-0.15, -0.1) is 24.0 Å². The summed E-state index contributed by atoms with van der Waals surface area (Å²) in [7, 11) is 0. The molecule has 0 fully saturated rings. The number of carbonyl (C=O) groups excluding carboxylic acids is 2. The van der Waals surface area contributed by atoms with Gasteiger partial charge in [-0.05, 0) is 19.4 Å². The standard InChI is InChI=1S/C12H22ClNO2.ClH/c13-9-4-2-1-3-5-11(15)6-7-12(16)8-10-14;/h1-10,14H2;1H. The Morgan fingerprint density at radius 2 is 1.35 bits per heavy atom. The Balaban J connectivity index is 0. The molecule has 0 rings (SSSR count). The van der Waals surface area contributed by atoms with E-state index >= 15 is 0 Å². The van der Waals surface area contributed by atoms with Gasteiger partial charge in [-0.2, -0.15) is 0 Å². The molecule has 17 heavy (non-hydrogen) atoms. The normalized spacial score (nSPS) is 9.76. The number of Topliss-reactive ketones (excluding diaryl/α,β-unsaturated/α-hetero) is 2. The van der Waals surface area contributed by atoms with Gasteiger partial charge in [-0.3, -0.25) is 9.59 Å². The maximum Gasteiger partial charge on any atom is 0.134 e. The molecule has 0 spiro atoms. The Hall–Kier alpha value is -0.120. The highest BCUT2D eigenvalue weighted by Gasteiger charge is 2.06. The third-order valence-corrected chi connectivity index (χ3v) is 2.71. The van der Waals surface area contributed by atoms with Gasteiger partial charge in [0.15, 0.2) is 0 Å². The minimum atomic E-state index is 0. The Labute approximate surface area is 115 Å². The number of halogens is 2. The van der Waals surface area contributed by atoms with E-state index in [2.05, 4.69) is 0 Å². The van der Waals surface area contributed by atoms with Crippen molar-refractivity contribution in [3.63, 3.8) is 0 Å². The molecule has 0 bridgehead atoms. The molecule has 0 radical (unpaired) electrons. The van der Waals surface area contributed by atoms with Crippen LogP contribution in [0.15, 0.2) is 0 Å². The number of unbranched alkanes of at least 4 members (excludes halogenated alkanes) is 3. The first-order chi connectivity index (χ1) is 7.70. The molecule has 102 valence electrons. The molecule has 0 heterocycles. The number of hydrogen-bond donors (Lipinski definition) is 1. The van der Waals surface area contributed by atoms with Gasteiger partial charge >= 0.3 is 0 Å². The molecule has 0 saturated heterocycles. The lowest BCUT2D eigenvalue weighted by Crippen LogP contribution is -2.09. The molecule has 5 heteroatoms. The average molecular weight is 284 g/mol. The molecule has 0 saturated carbocycles. The number of rotatable bonds is 11. The van der Waals surface area contributed by atoms with Crippen LogP contribution in [0.5, 0.6) is 0 Å². The molecule has 0 atom stereocenters. The van der Waals surface area contributed by atoms with Gasteiger partial charge in [0.2, 0.25) is 0 Å². The van der Waals surface area contributed by atoms with Crippen molar-refractivity contribution < 1.29 is 9.59 Å². The Kier molecular flexibility index (Phi) is 15.8. The molecule has 0 aliphatic carbocycles. The van der Waals surface area contributed by atoms with Gasteiger partial charge < -0.3 is 5.73 Å². The van der Waals surface area contributed by atoms with E-state index in [-0.39, 0.29) is 24.0 Å². The highest BCUT2D eigenvalue weighted by atomic mass is 35.5. The van der Waals surface area contributed by atoms with Gasteiger partial charge in [0.25, 0.3) is 0 Å². The van der Waals surface area contributed by atoms with Crippen LogP contribution in [-0.2, 0) is 9.59 Å². The first-order valence-corrected chi connectivity index (χ1v) is 6.53. The topological polar surface area (TPSA) is 60.2 Å². The van der Waals surface area contributed by atoms with E-state index < -0.39 is 0 Å². The fourth-order valence-corrected chi connectivity index (χ4v) is 1.65. The number of alkyl halides is 1. The minimum absolute atomic E-state index is 0. The summed E-state index contributed by atoms with van der Waals surface area (Å²) in [4.78, 5) is 22.5. The molecule has 3 nitrogen and oxygen atoms in total. The van der Waals surface area contributed by atoms with Gasteiger partial charge in [-0.1, -0.05) is 12.8 Å². The van der Waals surface area contributed by atoms with Crippen LogP contribution in [0.1, 0.15) is 51.4 Å². The van der Waals surface area contributed by atoms with Crippen LogP contribution in [0.25, 0.3) is 0 Å². The monoisotopic (exact) mass is 283 g/mol. The summed E-state index contributed by atoms with van der Waals surface area (Å²) in [5.74, 6) is 0.982. The summed E-state index contributed by atoms with van der Waals surface area (Å²) < 4.78 is 0. The number of nitrogens with two attached hydrogens (primary N) is 1. The second-order valence-electron chi connectivity index (χ2n) is 3.97. The zero-order valence-corrected chi connectivity index (χ0v) is 11.8. The number of ketones is 2. The van der Waals surface area contributed by atoms with Crippen molar-refractivity contribution >= 4 is 35.6 Å². The van der Waals surface area contributed by atoms with Crippen molar-refractivity contribution in [3.8, 4) is 0 Å². The van der Waals surface area contributed by atoms with E-state index in [1.54, 1.807) is 0 Å². The van der Waals surface area contributed by atoms with Crippen molar-refractivity contribution in [1.82, 2.24) is 0 Å². The Bertz CT molecular complexity index is 211. The maximum atomic E-state index is 11.4. The van der Waals surface area contributed by atoms with Gasteiger partial charge in [0.05, 0.1) is 0 Å². The number of hydrogen-bond acceptors (Lipinski definition) is 3. The summed E-state index contributed by atoms with van der Waals surface area (Å²) in [6, 6.07) is 0. The second-order valence-corrected chi connectivity index (χ2v) is 4.35. The average Bonchev–Trinajstić information content (AvgIpc) is 2.26. The van der Waals surface area contributed by atoms with E-state index in [4.69, 9.17) is 17.3 Å². The van der Waals surface area contributed by atoms with Crippen LogP contribution in [0.2, 0.25) is 0 Å². The predicted molar refractivity (Wildman–Crippen MR) is 74.0 cm³/mol. The summed E-state index contributed by atoms with van der Waals surface area (Å²) in [5.41, 5.74) is 5.25. The van der Waals surface area contributed by atoms with Crippen molar-refractivity contribution in [1.29, 1.82) is 0 Å². The lowest BCUT2D eigenvalue weighted by Gasteiger charge is -2.00. The van der Waals surface area contributed by atoms with Gasteiger partial charge in [0, 0.05) is 31.6 Å². The largest absolute Gasteiger partial charge is 0.330 e. The molecular formula is C12H23Cl2NO2. The van der Waals surface area contributed by atoms with Crippen molar-refractivity contribution in [3.05, 3.63) is 0 Å². The summed E-state index contributed by atoms with van der Waals surface area (Å²) in [5, 5.41) is 0. The zero-order chi connectivity index (χ0) is 12.2. The van der Waals surface area contributed by atoms with E-state index in [0.29, 0.717) is 38.1 Å². The van der Waals surface area contributed by atoms with Crippen LogP contribution in [-0.4, -0.2) is 24.0 Å². The molecule has 0 unspecified atom stereocenters. The highest BCUT2D eigenvalue weighted by molar-refractivity contribution is 6.17. The second kappa shape index (κ2) is 13.9. The molecule has 0 aromatic carbocycles. The van der Waals surface area contributed by atoms with Crippen LogP contribution < -0.4 is 5.73 Å². The predicted octanol–water partition coefficient (Wildman–Crippen LogP) is 2.86. The van der Waals surface area contributed by atoms with Crippen LogP contribution in [0.4, 0.5) is 0 Å². The first kappa shape index (κ1) is 19.2. The van der Waals surface area contributed by atoms with Crippen molar-refractivity contribution in [2.75, 3.05) is 12.4 Å². The third kappa shape index (κ3) is 13.8. The fourth-order valence-electron chi connectivity index (χ4n) is 1.46. The van der Waals surface area contributed by atoms with E-state index in [1.165, 1.54) is 0 Å². The summed E-state index contributed by atoms with van der Waals surface area (Å²) in [6.07, 6.45) is 5.80. The summed E-state index contributed by atoms with van der Waals surface area (Å²) in [6.45, 7) is 0.380. The van der Waals surface area contributed by atoms with Gasteiger partial charge in [0.1, 0.15) is 11.6 Å². The third-order valence-electron chi connectivity index (χ3n) is 2.45. The Morgan fingerprint density at radius 3 is 1.88 bits per heavy atom. The van der Waals surface area contributed by atoms with Crippen LogP contribution >= 0.6 is 24.0 Å². The van der Waals surface area contributed by atoms with Crippen molar-refractivity contribution in [2.24, 2.45) is 5.73 Å². The van der Waals surface area contributed by atoms with Crippen LogP contribution in [0.3, 0.4) is 0 Å². The lowest BCUT2D eigenvalue weighted by molar-refractivity contribution is -0.124. The molecule has 0 aromatic rings. The molecule has 0 aliphatic heterocycles. The smallest absolute Gasteiger partial charge is 0.134 e. The number of carbonyl (C=O) groups is 2. The quantitative estimate of drug-likeness (QED) is 0.469. The van der Waals surface area contributed by atoms with Gasteiger partial charge in [-0.25, -0.2) is 0 Å². The Morgan fingerprint density at radius 1 is 0.824 bits per heavy atom. The molecular weight excluding hydrogens is 261 g/mol. The molecule has 0 aromatic heterocycles.